The fraction of sp³-hybridized carbons (Fsp3) is 0.391. The molecule has 0 saturated carbocycles. The number of alkyl halides is 3. The Kier molecular flexibility index (Phi) is 8.58. The lowest BCUT2D eigenvalue weighted by Crippen LogP contribution is -2.10. The van der Waals surface area contributed by atoms with Crippen LogP contribution < -0.4 is 5.32 Å². The maximum absolute atomic E-state index is 14.3. The quantitative estimate of drug-likeness (QED) is 0.238. The second kappa shape index (κ2) is 11.4. The van der Waals surface area contributed by atoms with Crippen LogP contribution in [0.2, 0.25) is 0 Å². The lowest BCUT2D eigenvalue weighted by Gasteiger charge is -2.15. The van der Waals surface area contributed by atoms with Gasteiger partial charge >= 0.3 is 6.18 Å². The van der Waals surface area contributed by atoms with Crippen LogP contribution in [-0.2, 0) is 17.3 Å². The zero-order valence-corrected chi connectivity index (χ0v) is 18.5. The SMILES string of the molecule is CCCCOCCCCc1ccc(Nc2nc(-c3cccnc3)c(F)s2)cc1C(F)(F)F. The number of aromatic nitrogens is 2. The number of ether oxygens (including phenoxy) is 1. The molecule has 0 amide bonds. The highest BCUT2D eigenvalue weighted by Crippen LogP contribution is 2.36. The summed E-state index contributed by atoms with van der Waals surface area (Å²) in [6.07, 6.45) is 2.21. The van der Waals surface area contributed by atoms with Gasteiger partial charge in [-0.15, -0.1) is 0 Å². The minimum atomic E-state index is -4.49. The number of hydrogen-bond donors (Lipinski definition) is 1. The molecule has 3 aromatic rings. The number of nitrogens with zero attached hydrogens (tertiary/aromatic N) is 2. The molecule has 0 radical (unpaired) electrons. The second-order valence-corrected chi connectivity index (χ2v) is 8.25. The van der Waals surface area contributed by atoms with Crippen molar-refractivity contribution in [2.45, 2.75) is 45.2 Å². The summed E-state index contributed by atoms with van der Waals surface area (Å²) in [6, 6.07) is 7.41. The van der Waals surface area contributed by atoms with Gasteiger partial charge in [0, 0.05) is 36.9 Å². The molecule has 2 aromatic heterocycles. The number of thiazole rings is 1. The van der Waals surface area contributed by atoms with Crippen LogP contribution in [0.1, 0.15) is 43.7 Å². The number of rotatable bonds is 11. The minimum Gasteiger partial charge on any atom is -0.381 e. The van der Waals surface area contributed by atoms with E-state index < -0.39 is 16.9 Å². The van der Waals surface area contributed by atoms with Gasteiger partial charge in [0.25, 0.3) is 0 Å². The molecule has 0 fully saturated rings. The Morgan fingerprint density at radius 2 is 1.91 bits per heavy atom. The maximum atomic E-state index is 14.3. The van der Waals surface area contributed by atoms with Gasteiger partial charge in [0.2, 0.25) is 5.13 Å². The van der Waals surface area contributed by atoms with Gasteiger partial charge in [-0.3, -0.25) is 4.98 Å². The van der Waals surface area contributed by atoms with E-state index in [0.29, 0.717) is 38.0 Å². The predicted octanol–water partition coefficient (Wildman–Crippen LogP) is 7.25. The fourth-order valence-corrected chi connectivity index (χ4v) is 3.90. The average molecular weight is 468 g/mol. The molecule has 3 rings (SSSR count). The number of pyridine rings is 1. The van der Waals surface area contributed by atoms with Crippen LogP contribution in [0.5, 0.6) is 0 Å². The Bertz CT molecular complexity index is 993. The van der Waals surface area contributed by atoms with E-state index in [0.717, 1.165) is 30.2 Å². The molecule has 1 N–H and O–H groups in total. The number of nitrogens with one attached hydrogen (secondary N) is 1. The van der Waals surface area contributed by atoms with Gasteiger partial charge in [0.1, 0.15) is 5.69 Å². The smallest absolute Gasteiger partial charge is 0.381 e. The van der Waals surface area contributed by atoms with Gasteiger partial charge in [-0.25, -0.2) is 4.98 Å². The first-order valence-electron chi connectivity index (χ1n) is 10.5. The molecule has 0 bridgehead atoms. The first-order valence-corrected chi connectivity index (χ1v) is 11.3. The first kappa shape index (κ1) is 24.1. The maximum Gasteiger partial charge on any atom is 0.416 e. The summed E-state index contributed by atoms with van der Waals surface area (Å²) in [7, 11) is 0. The molecule has 1 aromatic carbocycles. The Hall–Kier alpha value is -2.52. The fourth-order valence-electron chi connectivity index (χ4n) is 3.16. The lowest BCUT2D eigenvalue weighted by atomic mass is 10.0. The van der Waals surface area contributed by atoms with Crippen LogP contribution >= 0.6 is 11.3 Å². The summed E-state index contributed by atoms with van der Waals surface area (Å²) in [6.45, 7) is 3.31. The van der Waals surface area contributed by atoms with Crippen molar-refractivity contribution in [3.8, 4) is 11.3 Å². The Balaban J connectivity index is 1.68. The summed E-state index contributed by atoms with van der Waals surface area (Å²) in [4.78, 5) is 8.12. The molecule has 4 nitrogen and oxygen atoms in total. The zero-order chi connectivity index (χ0) is 23.0. The Morgan fingerprint density at radius 3 is 2.62 bits per heavy atom. The molecule has 0 spiro atoms. The van der Waals surface area contributed by atoms with Gasteiger partial charge in [-0.05, 0) is 55.5 Å². The van der Waals surface area contributed by atoms with E-state index >= 15 is 0 Å². The average Bonchev–Trinajstić information content (AvgIpc) is 3.13. The molecule has 0 saturated heterocycles. The molecule has 172 valence electrons. The number of hydrogen-bond acceptors (Lipinski definition) is 5. The van der Waals surface area contributed by atoms with E-state index in [1.165, 1.54) is 12.3 Å². The Morgan fingerprint density at radius 1 is 1.09 bits per heavy atom. The molecule has 0 aliphatic heterocycles. The van der Waals surface area contributed by atoms with Crippen molar-refractivity contribution in [3.63, 3.8) is 0 Å². The van der Waals surface area contributed by atoms with Crippen molar-refractivity contribution < 1.29 is 22.3 Å². The highest BCUT2D eigenvalue weighted by atomic mass is 32.1. The monoisotopic (exact) mass is 467 g/mol. The van der Waals surface area contributed by atoms with Gasteiger partial charge in [-0.2, -0.15) is 17.6 Å². The third kappa shape index (κ3) is 6.74. The number of halogens is 4. The zero-order valence-electron chi connectivity index (χ0n) is 17.7. The first-order chi connectivity index (χ1) is 15.4. The number of unbranched alkanes of at least 4 members (excludes halogenated alkanes) is 2. The highest BCUT2D eigenvalue weighted by molar-refractivity contribution is 7.14. The molecule has 0 aliphatic rings. The normalized spacial score (nSPS) is 11.7. The van der Waals surface area contributed by atoms with E-state index in [-0.39, 0.29) is 22.1 Å². The van der Waals surface area contributed by atoms with Crippen LogP contribution in [0.25, 0.3) is 11.3 Å². The predicted molar refractivity (Wildman–Crippen MR) is 119 cm³/mol. The molecular formula is C23H25F4N3OS. The van der Waals surface area contributed by atoms with Crippen LogP contribution in [-0.4, -0.2) is 23.2 Å². The molecule has 9 heteroatoms. The van der Waals surface area contributed by atoms with Crippen LogP contribution in [0.4, 0.5) is 28.4 Å². The summed E-state index contributed by atoms with van der Waals surface area (Å²) in [5.41, 5.74) is 0.353. The topological polar surface area (TPSA) is 47.0 Å². The van der Waals surface area contributed by atoms with Crippen LogP contribution in [0, 0.1) is 5.13 Å². The highest BCUT2D eigenvalue weighted by Gasteiger charge is 2.33. The van der Waals surface area contributed by atoms with Crippen LogP contribution in [0.3, 0.4) is 0 Å². The molecule has 32 heavy (non-hydrogen) atoms. The standard InChI is InChI=1S/C23H25F4N3OS/c1-2-3-12-31-13-5-4-7-16-9-10-18(14-19(16)23(25,26)27)29-22-30-20(21(24)32-22)17-8-6-11-28-15-17/h6,8-11,14-15H,2-5,7,12-13H2,1H3,(H,29,30). The Labute approximate surface area is 188 Å². The van der Waals surface area contributed by atoms with Gasteiger partial charge in [-0.1, -0.05) is 30.7 Å². The van der Waals surface area contributed by atoms with E-state index in [1.807, 2.05) is 0 Å². The van der Waals surface area contributed by atoms with Gasteiger partial charge in [0.15, 0.2) is 5.13 Å². The van der Waals surface area contributed by atoms with Gasteiger partial charge < -0.3 is 10.1 Å². The minimum absolute atomic E-state index is 0.111. The van der Waals surface area contributed by atoms with E-state index in [4.69, 9.17) is 4.74 Å². The third-order valence-corrected chi connectivity index (χ3v) is 5.57. The second-order valence-electron chi connectivity index (χ2n) is 7.30. The lowest BCUT2D eigenvalue weighted by molar-refractivity contribution is -0.138. The van der Waals surface area contributed by atoms with Crippen molar-refractivity contribution >= 4 is 22.2 Å². The van der Waals surface area contributed by atoms with Crippen molar-refractivity contribution in [3.05, 3.63) is 59.0 Å². The van der Waals surface area contributed by atoms with Gasteiger partial charge in [0.05, 0.1) is 5.56 Å². The summed E-state index contributed by atoms with van der Waals surface area (Å²) in [5.74, 6) is 0. The summed E-state index contributed by atoms with van der Waals surface area (Å²) >= 11 is 0.735. The van der Waals surface area contributed by atoms with E-state index in [2.05, 4.69) is 22.2 Å². The molecule has 2 heterocycles. The number of benzene rings is 1. The molecule has 0 aliphatic carbocycles. The van der Waals surface area contributed by atoms with Crippen molar-refractivity contribution in [2.24, 2.45) is 0 Å². The number of aryl methyl sites for hydroxylation is 1. The van der Waals surface area contributed by atoms with E-state index in [1.54, 1.807) is 24.4 Å². The largest absolute Gasteiger partial charge is 0.416 e. The van der Waals surface area contributed by atoms with Crippen molar-refractivity contribution in [1.82, 2.24) is 9.97 Å². The third-order valence-electron chi connectivity index (χ3n) is 4.81. The van der Waals surface area contributed by atoms with Crippen molar-refractivity contribution in [2.75, 3.05) is 18.5 Å². The van der Waals surface area contributed by atoms with Crippen LogP contribution in [0.15, 0.2) is 42.7 Å². The van der Waals surface area contributed by atoms with E-state index in [9.17, 15) is 17.6 Å². The molecule has 0 atom stereocenters. The molecular weight excluding hydrogens is 442 g/mol. The van der Waals surface area contributed by atoms with Crippen molar-refractivity contribution in [1.29, 1.82) is 0 Å². The molecule has 0 unspecified atom stereocenters. The summed E-state index contributed by atoms with van der Waals surface area (Å²) in [5, 5.41) is 2.44. The number of anilines is 2. The summed E-state index contributed by atoms with van der Waals surface area (Å²) < 4.78 is 60.7.